The van der Waals surface area contributed by atoms with E-state index in [-0.39, 0.29) is 5.56 Å². The Balaban J connectivity index is 2.31. The molecular formula is C12H13F2NO. The molecule has 0 radical (unpaired) electrons. The van der Waals surface area contributed by atoms with Crippen LogP contribution in [0.2, 0.25) is 0 Å². The number of benzene rings is 1. The third-order valence-electron chi connectivity index (χ3n) is 2.94. The molecule has 4 heteroatoms. The lowest BCUT2D eigenvalue weighted by Crippen LogP contribution is -2.19. The fourth-order valence-electron chi connectivity index (χ4n) is 2.08. The molecule has 0 saturated heterocycles. The lowest BCUT2D eigenvalue weighted by Gasteiger charge is -2.16. The minimum Gasteiger partial charge on any atom is -0.371 e. The number of fused-ring (bicyclic) bond motifs is 1. The Bertz CT molecular complexity index is 417. The van der Waals surface area contributed by atoms with Crippen LogP contribution in [0, 0.1) is 0 Å². The second-order valence-electron chi connectivity index (χ2n) is 3.84. The first-order chi connectivity index (χ1) is 7.63. The molecule has 1 aromatic rings. The van der Waals surface area contributed by atoms with E-state index in [0.29, 0.717) is 0 Å². The number of carbonyl (C=O) groups is 1. The summed E-state index contributed by atoms with van der Waals surface area (Å²) < 4.78 is 24.5. The Hall–Kier alpha value is -1.45. The molecular weight excluding hydrogens is 212 g/mol. The molecule has 2 nitrogen and oxygen atoms in total. The van der Waals surface area contributed by atoms with Gasteiger partial charge in [0.05, 0.1) is 0 Å². The number of likely N-dealkylation sites (N-methyl/N-ethyl adjacent to an activating group) is 1. The molecule has 0 aliphatic carbocycles. The van der Waals surface area contributed by atoms with E-state index in [1.807, 2.05) is 6.92 Å². The van der Waals surface area contributed by atoms with E-state index in [9.17, 15) is 13.6 Å². The van der Waals surface area contributed by atoms with Crippen LogP contribution in [0.5, 0.6) is 0 Å². The quantitative estimate of drug-likeness (QED) is 0.737. The number of anilines is 1. The number of nitrogens with zero attached hydrogens (tertiary/aromatic N) is 1. The normalized spacial score (nSPS) is 14.4. The zero-order valence-electron chi connectivity index (χ0n) is 9.04. The molecule has 0 saturated carbocycles. The van der Waals surface area contributed by atoms with Crippen LogP contribution in [0.1, 0.15) is 22.8 Å². The van der Waals surface area contributed by atoms with Gasteiger partial charge in [-0.25, -0.2) is 8.78 Å². The second-order valence-corrected chi connectivity index (χ2v) is 3.84. The Morgan fingerprint density at radius 2 is 2.25 bits per heavy atom. The third kappa shape index (κ3) is 1.79. The van der Waals surface area contributed by atoms with Crippen molar-refractivity contribution in [3.05, 3.63) is 29.3 Å². The van der Waals surface area contributed by atoms with Gasteiger partial charge in [0.1, 0.15) is 0 Å². The highest BCUT2D eigenvalue weighted by atomic mass is 19.3. The number of halogens is 2. The van der Waals surface area contributed by atoms with Gasteiger partial charge in [-0.2, -0.15) is 0 Å². The zero-order valence-corrected chi connectivity index (χ0v) is 9.04. The number of alkyl halides is 2. The van der Waals surface area contributed by atoms with Crippen LogP contribution in [0.15, 0.2) is 18.2 Å². The standard InChI is InChI=1S/C12H13F2NO/c1-2-15-6-5-8-7-9(3-4-10(8)15)11(16)12(13)14/h3-4,7,12H,2,5-6H2,1H3. The average molecular weight is 225 g/mol. The summed E-state index contributed by atoms with van der Waals surface area (Å²) in [6, 6.07) is 4.85. The van der Waals surface area contributed by atoms with E-state index in [1.54, 1.807) is 12.1 Å². The highest BCUT2D eigenvalue weighted by molar-refractivity contribution is 5.99. The summed E-state index contributed by atoms with van der Waals surface area (Å²) in [6.45, 7) is 3.85. The van der Waals surface area contributed by atoms with Gasteiger partial charge in [-0.1, -0.05) is 0 Å². The summed E-state index contributed by atoms with van der Waals surface area (Å²) in [6.07, 6.45) is -2.09. The van der Waals surface area contributed by atoms with Gasteiger partial charge in [0.15, 0.2) is 0 Å². The Labute approximate surface area is 92.9 Å². The van der Waals surface area contributed by atoms with Gasteiger partial charge in [-0.3, -0.25) is 4.79 Å². The van der Waals surface area contributed by atoms with Crippen LogP contribution in [0.4, 0.5) is 14.5 Å². The summed E-state index contributed by atoms with van der Waals surface area (Å²) in [5.41, 5.74) is 2.17. The van der Waals surface area contributed by atoms with Crippen LogP contribution in [-0.2, 0) is 6.42 Å². The molecule has 0 bridgehead atoms. The smallest absolute Gasteiger partial charge is 0.300 e. The Kier molecular flexibility index (Phi) is 2.90. The molecule has 0 amide bonds. The van der Waals surface area contributed by atoms with Crippen molar-refractivity contribution in [1.82, 2.24) is 0 Å². The molecule has 1 aromatic carbocycles. The SMILES string of the molecule is CCN1CCc2cc(C(=O)C(F)F)ccc21. The van der Waals surface area contributed by atoms with E-state index in [4.69, 9.17) is 0 Å². The molecule has 1 heterocycles. The van der Waals surface area contributed by atoms with Crippen molar-refractivity contribution in [2.45, 2.75) is 19.8 Å². The van der Waals surface area contributed by atoms with Crippen LogP contribution in [0.25, 0.3) is 0 Å². The molecule has 0 fully saturated rings. The van der Waals surface area contributed by atoms with Crippen LogP contribution in [0.3, 0.4) is 0 Å². The number of carbonyl (C=O) groups excluding carboxylic acids is 1. The topological polar surface area (TPSA) is 20.3 Å². The van der Waals surface area contributed by atoms with Crippen molar-refractivity contribution in [2.24, 2.45) is 0 Å². The first-order valence-corrected chi connectivity index (χ1v) is 5.33. The van der Waals surface area contributed by atoms with Crippen molar-refractivity contribution < 1.29 is 13.6 Å². The molecule has 1 aliphatic heterocycles. The Morgan fingerprint density at radius 1 is 1.50 bits per heavy atom. The first-order valence-electron chi connectivity index (χ1n) is 5.33. The van der Waals surface area contributed by atoms with Crippen LogP contribution < -0.4 is 4.90 Å². The second kappa shape index (κ2) is 4.20. The predicted molar refractivity (Wildman–Crippen MR) is 58.4 cm³/mol. The number of hydrogen-bond donors (Lipinski definition) is 0. The van der Waals surface area contributed by atoms with Gasteiger partial charge < -0.3 is 4.90 Å². The van der Waals surface area contributed by atoms with Gasteiger partial charge in [0.2, 0.25) is 5.78 Å². The highest BCUT2D eigenvalue weighted by Gasteiger charge is 2.22. The van der Waals surface area contributed by atoms with Crippen molar-refractivity contribution in [3.8, 4) is 0 Å². The highest BCUT2D eigenvalue weighted by Crippen LogP contribution is 2.28. The van der Waals surface area contributed by atoms with E-state index in [1.165, 1.54) is 6.07 Å². The molecule has 16 heavy (non-hydrogen) atoms. The van der Waals surface area contributed by atoms with Crippen molar-refractivity contribution in [2.75, 3.05) is 18.0 Å². The van der Waals surface area contributed by atoms with E-state index < -0.39 is 12.2 Å². The lowest BCUT2D eigenvalue weighted by atomic mass is 10.1. The van der Waals surface area contributed by atoms with Crippen LogP contribution >= 0.6 is 0 Å². The average Bonchev–Trinajstić information content (AvgIpc) is 2.69. The number of ketones is 1. The summed E-state index contributed by atoms with van der Waals surface area (Å²) in [4.78, 5) is 13.3. The van der Waals surface area contributed by atoms with Crippen molar-refractivity contribution >= 4 is 11.5 Å². The van der Waals surface area contributed by atoms with E-state index >= 15 is 0 Å². The molecule has 86 valence electrons. The maximum atomic E-state index is 12.2. The molecule has 1 aliphatic rings. The molecule has 0 atom stereocenters. The number of hydrogen-bond acceptors (Lipinski definition) is 2. The Morgan fingerprint density at radius 3 is 2.88 bits per heavy atom. The predicted octanol–water partition coefficient (Wildman–Crippen LogP) is 2.52. The molecule has 2 rings (SSSR count). The molecule has 0 spiro atoms. The zero-order chi connectivity index (χ0) is 11.7. The van der Waals surface area contributed by atoms with E-state index in [2.05, 4.69) is 4.90 Å². The summed E-state index contributed by atoms with van der Waals surface area (Å²) in [7, 11) is 0. The van der Waals surface area contributed by atoms with Crippen molar-refractivity contribution in [3.63, 3.8) is 0 Å². The molecule has 0 unspecified atom stereocenters. The lowest BCUT2D eigenvalue weighted by molar-refractivity contribution is 0.0678. The van der Waals surface area contributed by atoms with Gasteiger partial charge in [0, 0.05) is 24.3 Å². The summed E-state index contributed by atoms with van der Waals surface area (Å²) in [5.74, 6) is -1.09. The first kappa shape index (κ1) is 11.0. The largest absolute Gasteiger partial charge is 0.371 e. The number of Topliss-reactive ketones (excluding diaryl/α,β-unsaturated/α-hetero) is 1. The van der Waals surface area contributed by atoms with Gasteiger partial charge in [0.25, 0.3) is 0 Å². The van der Waals surface area contributed by atoms with Crippen molar-refractivity contribution in [1.29, 1.82) is 0 Å². The monoisotopic (exact) mass is 225 g/mol. The number of rotatable bonds is 3. The van der Waals surface area contributed by atoms with Crippen LogP contribution in [-0.4, -0.2) is 25.3 Å². The van der Waals surface area contributed by atoms with Gasteiger partial charge in [-0.05, 0) is 37.1 Å². The fourth-order valence-corrected chi connectivity index (χ4v) is 2.08. The van der Waals surface area contributed by atoms with Gasteiger partial charge in [-0.15, -0.1) is 0 Å². The summed E-state index contributed by atoms with van der Waals surface area (Å²) in [5, 5.41) is 0. The fraction of sp³-hybridized carbons (Fsp3) is 0.417. The minimum absolute atomic E-state index is 0.117. The summed E-state index contributed by atoms with van der Waals surface area (Å²) >= 11 is 0. The minimum atomic E-state index is -2.92. The maximum absolute atomic E-state index is 12.2. The molecule has 0 N–H and O–H groups in total. The molecule has 0 aromatic heterocycles. The maximum Gasteiger partial charge on any atom is 0.300 e. The van der Waals surface area contributed by atoms with Gasteiger partial charge >= 0.3 is 6.43 Å². The van der Waals surface area contributed by atoms with E-state index in [0.717, 1.165) is 30.8 Å². The third-order valence-corrected chi connectivity index (χ3v) is 2.94.